The molecule has 1 heterocycles. The van der Waals surface area contributed by atoms with E-state index in [-0.39, 0.29) is 11.5 Å². The summed E-state index contributed by atoms with van der Waals surface area (Å²) < 4.78 is 0. The van der Waals surface area contributed by atoms with Gasteiger partial charge in [0.15, 0.2) is 0 Å². The number of thiophene rings is 1. The van der Waals surface area contributed by atoms with Gasteiger partial charge >= 0.3 is 5.97 Å². The lowest BCUT2D eigenvalue weighted by molar-refractivity contribution is -0.115. The summed E-state index contributed by atoms with van der Waals surface area (Å²) in [4.78, 5) is 23.8. The first-order valence-electron chi connectivity index (χ1n) is 5.73. The Labute approximate surface area is 114 Å². The number of carboxylic acids is 1. The topological polar surface area (TPSA) is 66.4 Å². The van der Waals surface area contributed by atoms with E-state index in [1.165, 1.54) is 17.4 Å². The van der Waals surface area contributed by atoms with Crippen LogP contribution in [0.2, 0.25) is 0 Å². The summed E-state index contributed by atoms with van der Waals surface area (Å²) in [5.74, 6) is -1.14. The first-order chi connectivity index (χ1) is 9.08. The van der Waals surface area contributed by atoms with Crippen LogP contribution in [0.1, 0.15) is 20.8 Å². The lowest BCUT2D eigenvalue weighted by atomic mass is 10.1. The van der Waals surface area contributed by atoms with Crippen LogP contribution in [-0.4, -0.2) is 17.0 Å². The van der Waals surface area contributed by atoms with Gasteiger partial charge in [-0.25, -0.2) is 4.79 Å². The van der Waals surface area contributed by atoms with Crippen molar-refractivity contribution in [3.63, 3.8) is 0 Å². The molecule has 0 spiro atoms. The summed E-state index contributed by atoms with van der Waals surface area (Å²) >= 11 is 1.52. The van der Waals surface area contributed by atoms with Gasteiger partial charge in [-0.1, -0.05) is 12.1 Å². The maximum absolute atomic E-state index is 11.9. The average Bonchev–Trinajstić information content (AvgIpc) is 2.84. The molecule has 98 valence electrons. The van der Waals surface area contributed by atoms with E-state index in [4.69, 9.17) is 5.11 Å². The molecule has 1 aromatic carbocycles. The number of carboxylic acid groups (broad SMARTS) is 1. The van der Waals surface area contributed by atoms with Crippen LogP contribution in [0.25, 0.3) is 0 Å². The zero-order chi connectivity index (χ0) is 13.8. The van der Waals surface area contributed by atoms with Gasteiger partial charge in [0.05, 0.1) is 12.0 Å². The molecular weight excluding hydrogens is 262 g/mol. The highest BCUT2D eigenvalue weighted by Gasteiger charge is 2.12. The third kappa shape index (κ3) is 3.20. The fourth-order valence-corrected chi connectivity index (χ4v) is 2.47. The lowest BCUT2D eigenvalue weighted by Crippen LogP contribution is -2.15. The second kappa shape index (κ2) is 5.67. The standard InChI is InChI=1S/C14H13NO3S/c1-9-11(14(17)18)5-2-6-12(9)15-13(16)8-10-4-3-7-19-10/h2-7H,8H2,1H3,(H,15,16)(H,17,18). The van der Waals surface area contributed by atoms with E-state index >= 15 is 0 Å². The minimum atomic E-state index is -0.994. The monoisotopic (exact) mass is 275 g/mol. The van der Waals surface area contributed by atoms with Crippen molar-refractivity contribution < 1.29 is 14.7 Å². The molecule has 0 saturated heterocycles. The average molecular weight is 275 g/mol. The van der Waals surface area contributed by atoms with E-state index in [0.29, 0.717) is 17.7 Å². The first-order valence-corrected chi connectivity index (χ1v) is 6.61. The summed E-state index contributed by atoms with van der Waals surface area (Å²) in [6, 6.07) is 8.63. The summed E-state index contributed by atoms with van der Waals surface area (Å²) in [7, 11) is 0. The van der Waals surface area contributed by atoms with Crippen LogP contribution < -0.4 is 5.32 Å². The fourth-order valence-electron chi connectivity index (χ4n) is 1.77. The Kier molecular flexibility index (Phi) is 3.97. The summed E-state index contributed by atoms with van der Waals surface area (Å²) in [5.41, 5.74) is 1.31. The minimum Gasteiger partial charge on any atom is -0.478 e. The second-order valence-corrected chi connectivity index (χ2v) is 5.12. The molecule has 0 atom stereocenters. The Hall–Kier alpha value is -2.14. The molecular formula is C14H13NO3S. The van der Waals surface area contributed by atoms with E-state index in [1.54, 1.807) is 19.1 Å². The number of hydrogen-bond acceptors (Lipinski definition) is 3. The van der Waals surface area contributed by atoms with Gasteiger partial charge in [-0.3, -0.25) is 4.79 Å². The normalized spacial score (nSPS) is 10.2. The van der Waals surface area contributed by atoms with E-state index < -0.39 is 5.97 Å². The predicted octanol–water partition coefficient (Wildman–Crippen LogP) is 2.94. The number of carbonyl (C=O) groups excluding carboxylic acids is 1. The molecule has 0 aliphatic rings. The largest absolute Gasteiger partial charge is 0.478 e. The van der Waals surface area contributed by atoms with Gasteiger partial charge in [0.25, 0.3) is 0 Å². The van der Waals surface area contributed by atoms with Gasteiger partial charge < -0.3 is 10.4 Å². The van der Waals surface area contributed by atoms with Gasteiger partial charge in [0, 0.05) is 10.6 Å². The van der Waals surface area contributed by atoms with Crippen LogP contribution in [0, 0.1) is 6.92 Å². The van der Waals surface area contributed by atoms with Crippen molar-refractivity contribution >= 4 is 28.9 Å². The van der Waals surface area contributed by atoms with E-state index in [1.807, 2.05) is 17.5 Å². The van der Waals surface area contributed by atoms with Crippen molar-refractivity contribution in [2.24, 2.45) is 0 Å². The maximum atomic E-state index is 11.9. The number of hydrogen-bond donors (Lipinski definition) is 2. The molecule has 2 aromatic rings. The fraction of sp³-hybridized carbons (Fsp3) is 0.143. The zero-order valence-electron chi connectivity index (χ0n) is 10.3. The van der Waals surface area contributed by atoms with Gasteiger partial charge in [0.1, 0.15) is 0 Å². The Balaban J connectivity index is 2.13. The van der Waals surface area contributed by atoms with Crippen molar-refractivity contribution in [2.45, 2.75) is 13.3 Å². The molecule has 1 amide bonds. The van der Waals surface area contributed by atoms with Crippen LogP contribution in [0.3, 0.4) is 0 Å². The molecule has 2 N–H and O–H groups in total. The molecule has 1 aromatic heterocycles. The second-order valence-electron chi connectivity index (χ2n) is 4.09. The Morgan fingerprint density at radius 2 is 2.05 bits per heavy atom. The smallest absolute Gasteiger partial charge is 0.336 e. The van der Waals surface area contributed by atoms with Crippen molar-refractivity contribution in [1.82, 2.24) is 0 Å². The molecule has 0 radical (unpaired) electrons. The molecule has 0 fully saturated rings. The molecule has 4 nitrogen and oxygen atoms in total. The highest BCUT2D eigenvalue weighted by Crippen LogP contribution is 2.19. The molecule has 5 heteroatoms. The minimum absolute atomic E-state index is 0.145. The van der Waals surface area contributed by atoms with Crippen molar-refractivity contribution in [1.29, 1.82) is 0 Å². The highest BCUT2D eigenvalue weighted by atomic mass is 32.1. The number of amides is 1. The molecule has 19 heavy (non-hydrogen) atoms. The SMILES string of the molecule is Cc1c(NC(=O)Cc2cccs2)cccc1C(=O)O. The van der Waals surface area contributed by atoms with Crippen LogP contribution >= 0.6 is 11.3 Å². The van der Waals surface area contributed by atoms with E-state index in [0.717, 1.165) is 4.88 Å². The zero-order valence-corrected chi connectivity index (χ0v) is 11.2. The Morgan fingerprint density at radius 1 is 1.26 bits per heavy atom. The Morgan fingerprint density at radius 3 is 2.68 bits per heavy atom. The molecule has 0 aliphatic carbocycles. The van der Waals surface area contributed by atoms with E-state index in [2.05, 4.69) is 5.32 Å². The van der Waals surface area contributed by atoms with Crippen molar-refractivity contribution in [3.8, 4) is 0 Å². The number of benzene rings is 1. The van der Waals surface area contributed by atoms with Crippen LogP contribution in [0.4, 0.5) is 5.69 Å². The third-order valence-corrected chi connectivity index (χ3v) is 3.63. The molecule has 0 unspecified atom stereocenters. The molecule has 2 rings (SSSR count). The van der Waals surface area contributed by atoms with Gasteiger partial charge in [-0.05, 0) is 36.1 Å². The number of carbonyl (C=O) groups is 2. The molecule has 0 aliphatic heterocycles. The molecule has 0 bridgehead atoms. The number of aromatic carboxylic acids is 1. The van der Waals surface area contributed by atoms with Crippen molar-refractivity contribution in [2.75, 3.05) is 5.32 Å². The number of anilines is 1. The molecule has 0 saturated carbocycles. The maximum Gasteiger partial charge on any atom is 0.336 e. The van der Waals surface area contributed by atoms with Crippen LogP contribution in [-0.2, 0) is 11.2 Å². The number of nitrogens with one attached hydrogen (secondary N) is 1. The van der Waals surface area contributed by atoms with Crippen molar-refractivity contribution in [3.05, 3.63) is 51.7 Å². The lowest BCUT2D eigenvalue weighted by Gasteiger charge is -2.09. The first kappa shape index (κ1) is 13.3. The highest BCUT2D eigenvalue weighted by molar-refractivity contribution is 7.10. The van der Waals surface area contributed by atoms with Gasteiger partial charge in [-0.2, -0.15) is 0 Å². The van der Waals surface area contributed by atoms with Gasteiger partial charge in [-0.15, -0.1) is 11.3 Å². The summed E-state index contributed by atoms with van der Waals surface area (Å²) in [6.45, 7) is 1.68. The van der Waals surface area contributed by atoms with Crippen LogP contribution in [0.5, 0.6) is 0 Å². The van der Waals surface area contributed by atoms with Gasteiger partial charge in [0.2, 0.25) is 5.91 Å². The van der Waals surface area contributed by atoms with Crippen LogP contribution in [0.15, 0.2) is 35.7 Å². The quantitative estimate of drug-likeness (QED) is 0.901. The number of rotatable bonds is 4. The Bertz CT molecular complexity index is 605. The third-order valence-electron chi connectivity index (χ3n) is 2.75. The van der Waals surface area contributed by atoms with E-state index in [9.17, 15) is 9.59 Å². The summed E-state index contributed by atoms with van der Waals surface area (Å²) in [5, 5.41) is 13.7. The predicted molar refractivity (Wildman–Crippen MR) is 74.8 cm³/mol. The summed E-state index contributed by atoms with van der Waals surface area (Å²) in [6.07, 6.45) is 0.300.